The Morgan fingerprint density at radius 3 is 2.58 bits per heavy atom. The minimum atomic E-state index is -0.0982. The highest BCUT2D eigenvalue weighted by Crippen LogP contribution is 2.20. The van der Waals surface area contributed by atoms with E-state index < -0.39 is 0 Å². The van der Waals surface area contributed by atoms with E-state index in [2.05, 4.69) is 27.3 Å². The SMILES string of the molecule is Cc1cc(C(=O)Nc2ccc(CN3CCCC3)cc2)c2ccccc2n1. The summed E-state index contributed by atoms with van der Waals surface area (Å²) < 4.78 is 0. The van der Waals surface area contributed by atoms with Gasteiger partial charge in [-0.05, 0) is 62.7 Å². The van der Waals surface area contributed by atoms with Crippen LogP contribution in [0.15, 0.2) is 54.6 Å². The zero-order chi connectivity index (χ0) is 17.9. The van der Waals surface area contributed by atoms with Crippen LogP contribution < -0.4 is 5.32 Å². The number of aromatic nitrogens is 1. The van der Waals surface area contributed by atoms with Gasteiger partial charge in [-0.1, -0.05) is 30.3 Å². The van der Waals surface area contributed by atoms with Gasteiger partial charge >= 0.3 is 0 Å². The normalized spacial score (nSPS) is 14.7. The summed E-state index contributed by atoms with van der Waals surface area (Å²) >= 11 is 0. The predicted octanol–water partition coefficient (Wildman–Crippen LogP) is 4.39. The van der Waals surface area contributed by atoms with E-state index in [0.717, 1.165) is 28.8 Å². The molecular weight excluding hydrogens is 322 g/mol. The fourth-order valence-electron chi connectivity index (χ4n) is 3.59. The van der Waals surface area contributed by atoms with Gasteiger partial charge in [0.1, 0.15) is 0 Å². The number of aryl methyl sites for hydroxylation is 1. The maximum absolute atomic E-state index is 12.8. The number of rotatable bonds is 4. The molecule has 0 spiro atoms. The van der Waals surface area contributed by atoms with Gasteiger partial charge in [-0.3, -0.25) is 14.7 Å². The number of nitrogens with zero attached hydrogens (tertiary/aromatic N) is 2. The molecule has 4 heteroatoms. The van der Waals surface area contributed by atoms with Crippen molar-refractivity contribution in [1.82, 2.24) is 9.88 Å². The Morgan fingerprint density at radius 1 is 1.08 bits per heavy atom. The van der Waals surface area contributed by atoms with Crippen LogP contribution in [0.4, 0.5) is 5.69 Å². The van der Waals surface area contributed by atoms with Crippen molar-refractivity contribution in [3.8, 4) is 0 Å². The summed E-state index contributed by atoms with van der Waals surface area (Å²) in [6, 6.07) is 17.8. The lowest BCUT2D eigenvalue weighted by molar-refractivity contribution is 0.102. The minimum Gasteiger partial charge on any atom is -0.322 e. The number of amides is 1. The van der Waals surface area contributed by atoms with Gasteiger partial charge in [0.15, 0.2) is 0 Å². The Bertz CT molecular complexity index is 928. The van der Waals surface area contributed by atoms with Crippen molar-refractivity contribution < 1.29 is 4.79 Å². The molecule has 1 saturated heterocycles. The first kappa shape index (κ1) is 16.7. The van der Waals surface area contributed by atoms with Crippen molar-refractivity contribution in [2.45, 2.75) is 26.3 Å². The molecule has 1 amide bonds. The van der Waals surface area contributed by atoms with Gasteiger partial charge in [0.05, 0.1) is 11.1 Å². The Labute approximate surface area is 153 Å². The van der Waals surface area contributed by atoms with Crippen molar-refractivity contribution in [2.24, 2.45) is 0 Å². The van der Waals surface area contributed by atoms with Crippen LogP contribution in [0, 0.1) is 6.92 Å². The summed E-state index contributed by atoms with van der Waals surface area (Å²) in [6.45, 7) is 5.28. The van der Waals surface area contributed by atoms with E-state index in [-0.39, 0.29) is 5.91 Å². The molecule has 0 saturated carbocycles. The number of carbonyl (C=O) groups excluding carboxylic acids is 1. The molecule has 4 rings (SSSR count). The topological polar surface area (TPSA) is 45.2 Å². The molecular formula is C22H23N3O. The molecule has 1 N–H and O–H groups in total. The smallest absolute Gasteiger partial charge is 0.256 e. The summed E-state index contributed by atoms with van der Waals surface area (Å²) in [5, 5.41) is 3.89. The van der Waals surface area contributed by atoms with Crippen LogP contribution in [0.25, 0.3) is 10.9 Å². The first-order valence-corrected chi connectivity index (χ1v) is 9.18. The maximum Gasteiger partial charge on any atom is 0.256 e. The third kappa shape index (κ3) is 3.60. The summed E-state index contributed by atoms with van der Waals surface area (Å²) in [4.78, 5) is 19.8. The standard InChI is InChI=1S/C22H23N3O/c1-16-14-20(19-6-2-3-7-21(19)23-16)22(26)24-18-10-8-17(9-11-18)15-25-12-4-5-13-25/h2-3,6-11,14H,4-5,12-13,15H2,1H3,(H,24,26). The van der Waals surface area contributed by atoms with Gasteiger partial charge in [0, 0.05) is 23.3 Å². The van der Waals surface area contributed by atoms with Crippen molar-refractivity contribution in [1.29, 1.82) is 0 Å². The number of benzene rings is 2. The molecule has 0 unspecified atom stereocenters. The second kappa shape index (κ2) is 7.26. The molecule has 0 aliphatic carbocycles. The number of hydrogen-bond acceptors (Lipinski definition) is 3. The highest BCUT2D eigenvalue weighted by atomic mass is 16.1. The van der Waals surface area contributed by atoms with Crippen molar-refractivity contribution in [2.75, 3.05) is 18.4 Å². The summed E-state index contributed by atoms with van der Waals surface area (Å²) in [6.07, 6.45) is 2.60. The van der Waals surface area contributed by atoms with E-state index in [1.54, 1.807) is 0 Å². The van der Waals surface area contributed by atoms with Crippen LogP contribution in [0.5, 0.6) is 0 Å². The second-order valence-corrected chi connectivity index (χ2v) is 6.96. The largest absolute Gasteiger partial charge is 0.322 e. The van der Waals surface area contributed by atoms with Crippen molar-refractivity contribution >= 4 is 22.5 Å². The summed E-state index contributed by atoms with van der Waals surface area (Å²) in [5.74, 6) is -0.0982. The molecule has 26 heavy (non-hydrogen) atoms. The van der Waals surface area contributed by atoms with Crippen molar-refractivity contribution in [3.05, 3.63) is 71.4 Å². The molecule has 1 aromatic heterocycles. The highest BCUT2D eigenvalue weighted by molar-refractivity contribution is 6.12. The van der Waals surface area contributed by atoms with E-state index in [0.29, 0.717) is 5.56 Å². The van der Waals surface area contributed by atoms with E-state index in [1.165, 1.54) is 31.5 Å². The monoisotopic (exact) mass is 345 g/mol. The molecule has 1 aliphatic heterocycles. The molecule has 0 bridgehead atoms. The number of hydrogen-bond donors (Lipinski definition) is 1. The third-order valence-corrected chi connectivity index (χ3v) is 4.91. The van der Waals surface area contributed by atoms with Crippen LogP contribution in [-0.2, 0) is 6.54 Å². The zero-order valence-electron chi connectivity index (χ0n) is 15.0. The van der Waals surface area contributed by atoms with Gasteiger partial charge in [-0.25, -0.2) is 0 Å². The fourth-order valence-corrected chi connectivity index (χ4v) is 3.59. The number of anilines is 1. The molecule has 4 nitrogen and oxygen atoms in total. The second-order valence-electron chi connectivity index (χ2n) is 6.96. The lowest BCUT2D eigenvalue weighted by Crippen LogP contribution is -2.18. The van der Waals surface area contributed by atoms with Gasteiger partial charge in [0.2, 0.25) is 0 Å². The van der Waals surface area contributed by atoms with Crippen LogP contribution in [0.3, 0.4) is 0 Å². The van der Waals surface area contributed by atoms with Gasteiger partial charge in [-0.15, -0.1) is 0 Å². The molecule has 2 aromatic carbocycles. The molecule has 1 aliphatic rings. The summed E-state index contributed by atoms with van der Waals surface area (Å²) in [7, 11) is 0. The fraction of sp³-hybridized carbons (Fsp3) is 0.273. The van der Waals surface area contributed by atoms with Gasteiger partial charge in [0.25, 0.3) is 5.91 Å². The van der Waals surface area contributed by atoms with Gasteiger partial charge in [-0.2, -0.15) is 0 Å². The van der Waals surface area contributed by atoms with Gasteiger partial charge < -0.3 is 5.32 Å². The molecule has 1 fully saturated rings. The number of nitrogens with one attached hydrogen (secondary N) is 1. The Morgan fingerprint density at radius 2 is 1.81 bits per heavy atom. The maximum atomic E-state index is 12.8. The third-order valence-electron chi connectivity index (χ3n) is 4.91. The van der Waals surface area contributed by atoms with E-state index >= 15 is 0 Å². The van der Waals surface area contributed by atoms with Crippen LogP contribution >= 0.6 is 0 Å². The molecule has 2 heterocycles. The highest BCUT2D eigenvalue weighted by Gasteiger charge is 2.13. The van der Waals surface area contributed by atoms with E-state index in [1.807, 2.05) is 49.4 Å². The zero-order valence-corrected chi connectivity index (χ0v) is 15.0. The van der Waals surface area contributed by atoms with Crippen LogP contribution in [-0.4, -0.2) is 28.9 Å². The Kier molecular flexibility index (Phi) is 4.67. The van der Waals surface area contributed by atoms with Crippen LogP contribution in [0.1, 0.15) is 34.5 Å². The lowest BCUT2D eigenvalue weighted by atomic mass is 10.1. The van der Waals surface area contributed by atoms with Crippen LogP contribution in [0.2, 0.25) is 0 Å². The molecule has 0 atom stereocenters. The van der Waals surface area contributed by atoms with E-state index in [4.69, 9.17) is 0 Å². The number of carbonyl (C=O) groups is 1. The van der Waals surface area contributed by atoms with E-state index in [9.17, 15) is 4.79 Å². The van der Waals surface area contributed by atoms with Crippen molar-refractivity contribution in [3.63, 3.8) is 0 Å². The number of fused-ring (bicyclic) bond motifs is 1. The first-order chi connectivity index (χ1) is 12.7. The molecule has 0 radical (unpaired) electrons. The Hall–Kier alpha value is -2.72. The minimum absolute atomic E-state index is 0.0982. The number of likely N-dealkylation sites (tertiary alicyclic amines) is 1. The molecule has 3 aromatic rings. The lowest BCUT2D eigenvalue weighted by Gasteiger charge is -2.15. The average Bonchev–Trinajstić information content (AvgIpc) is 3.15. The predicted molar refractivity (Wildman–Crippen MR) is 105 cm³/mol. The number of para-hydroxylation sites is 1. The summed E-state index contributed by atoms with van der Waals surface area (Å²) in [5.41, 5.74) is 4.46. The molecule has 132 valence electrons. The average molecular weight is 345 g/mol. The quantitative estimate of drug-likeness (QED) is 0.763. The Balaban J connectivity index is 1.51. The first-order valence-electron chi connectivity index (χ1n) is 9.18. The number of pyridine rings is 1.